The SMILES string of the molecule is C#CC12CCC(N)(CC1)CC2.Cl. The van der Waals surface area contributed by atoms with E-state index in [1.54, 1.807) is 0 Å². The van der Waals surface area contributed by atoms with Gasteiger partial charge >= 0.3 is 0 Å². The summed E-state index contributed by atoms with van der Waals surface area (Å²) in [5, 5.41) is 0. The van der Waals surface area contributed by atoms with E-state index in [9.17, 15) is 0 Å². The molecule has 0 aromatic carbocycles. The Balaban J connectivity index is 0.000000720. The Morgan fingerprint density at radius 3 is 1.75 bits per heavy atom. The molecule has 0 saturated heterocycles. The maximum atomic E-state index is 6.14. The van der Waals surface area contributed by atoms with Gasteiger partial charge in [-0.15, -0.1) is 18.8 Å². The first-order chi connectivity index (χ1) is 5.18. The molecule has 0 atom stereocenters. The van der Waals surface area contributed by atoms with Crippen molar-refractivity contribution in [2.45, 2.75) is 44.1 Å². The van der Waals surface area contributed by atoms with Crippen molar-refractivity contribution in [1.29, 1.82) is 0 Å². The zero-order valence-electron chi connectivity index (χ0n) is 7.31. The molecule has 0 amide bonds. The first-order valence-electron chi connectivity index (χ1n) is 4.45. The van der Waals surface area contributed by atoms with Crippen LogP contribution in [-0.2, 0) is 0 Å². The molecule has 0 aliphatic heterocycles. The Morgan fingerprint density at radius 1 is 1.00 bits per heavy atom. The van der Waals surface area contributed by atoms with Crippen LogP contribution in [0.15, 0.2) is 0 Å². The van der Waals surface area contributed by atoms with Crippen LogP contribution in [0.2, 0.25) is 0 Å². The van der Waals surface area contributed by atoms with Crippen molar-refractivity contribution < 1.29 is 0 Å². The highest BCUT2D eigenvalue weighted by Crippen LogP contribution is 2.50. The lowest BCUT2D eigenvalue weighted by molar-refractivity contribution is 0.0921. The first kappa shape index (κ1) is 9.89. The highest BCUT2D eigenvalue weighted by atomic mass is 35.5. The molecular weight excluding hydrogens is 170 g/mol. The number of halogens is 1. The third-order valence-electron chi connectivity index (χ3n) is 3.61. The van der Waals surface area contributed by atoms with Gasteiger partial charge in [0.05, 0.1) is 0 Å². The van der Waals surface area contributed by atoms with Gasteiger partial charge in [0, 0.05) is 11.0 Å². The maximum absolute atomic E-state index is 6.14. The van der Waals surface area contributed by atoms with E-state index in [0.717, 1.165) is 19.3 Å². The lowest BCUT2D eigenvalue weighted by Crippen LogP contribution is -2.51. The monoisotopic (exact) mass is 185 g/mol. The van der Waals surface area contributed by atoms with E-state index in [4.69, 9.17) is 12.2 Å². The normalized spacial score (nSPS) is 44.7. The van der Waals surface area contributed by atoms with Crippen LogP contribution >= 0.6 is 12.4 Å². The summed E-state index contributed by atoms with van der Waals surface area (Å²) in [7, 11) is 0. The summed E-state index contributed by atoms with van der Waals surface area (Å²) in [6.07, 6.45) is 12.5. The van der Waals surface area contributed by atoms with Crippen LogP contribution in [-0.4, -0.2) is 5.54 Å². The van der Waals surface area contributed by atoms with E-state index < -0.39 is 0 Å². The fraction of sp³-hybridized carbons (Fsp3) is 0.800. The van der Waals surface area contributed by atoms with Crippen LogP contribution in [0.3, 0.4) is 0 Å². The van der Waals surface area contributed by atoms with Gasteiger partial charge in [-0.05, 0) is 38.5 Å². The van der Waals surface area contributed by atoms with Crippen LogP contribution in [0.4, 0.5) is 0 Å². The maximum Gasteiger partial charge on any atom is 0.0314 e. The molecule has 0 heterocycles. The van der Waals surface area contributed by atoms with Gasteiger partial charge in [0.25, 0.3) is 0 Å². The van der Waals surface area contributed by atoms with E-state index in [0.29, 0.717) is 0 Å². The van der Waals surface area contributed by atoms with Crippen LogP contribution in [0.1, 0.15) is 38.5 Å². The Kier molecular flexibility index (Phi) is 2.42. The van der Waals surface area contributed by atoms with Crippen molar-refractivity contribution >= 4 is 12.4 Å². The zero-order chi connectivity index (χ0) is 7.95. The largest absolute Gasteiger partial charge is 0.325 e. The number of hydrogen-bond donors (Lipinski definition) is 1. The van der Waals surface area contributed by atoms with Gasteiger partial charge in [-0.2, -0.15) is 0 Å². The summed E-state index contributed by atoms with van der Waals surface area (Å²) < 4.78 is 0. The highest BCUT2D eigenvalue weighted by Gasteiger charge is 2.45. The average molecular weight is 186 g/mol. The molecule has 0 aromatic rings. The van der Waals surface area contributed by atoms with Crippen molar-refractivity contribution in [2.75, 3.05) is 0 Å². The number of nitrogens with two attached hydrogens (primary N) is 1. The number of terminal acetylenes is 1. The molecule has 12 heavy (non-hydrogen) atoms. The van der Waals surface area contributed by atoms with Gasteiger partial charge in [-0.25, -0.2) is 0 Å². The van der Waals surface area contributed by atoms with E-state index in [-0.39, 0.29) is 23.4 Å². The Morgan fingerprint density at radius 2 is 1.42 bits per heavy atom. The van der Waals surface area contributed by atoms with Gasteiger partial charge in [-0.3, -0.25) is 0 Å². The van der Waals surface area contributed by atoms with E-state index in [1.165, 1.54) is 19.3 Å². The molecule has 2 heteroatoms. The molecule has 2 N–H and O–H groups in total. The second-order valence-electron chi connectivity index (χ2n) is 4.29. The standard InChI is InChI=1S/C10H15N.ClH/c1-2-9-3-6-10(11,7-4-9)8-5-9;/h1H,3-8,11H2;1H. The first-order valence-corrected chi connectivity index (χ1v) is 4.45. The summed E-state index contributed by atoms with van der Waals surface area (Å²) in [6.45, 7) is 0. The molecule has 2 bridgehead atoms. The van der Waals surface area contributed by atoms with Gasteiger partial charge in [0.2, 0.25) is 0 Å². The topological polar surface area (TPSA) is 26.0 Å². The van der Waals surface area contributed by atoms with E-state index in [2.05, 4.69) is 5.92 Å². The van der Waals surface area contributed by atoms with Gasteiger partial charge in [-0.1, -0.05) is 5.92 Å². The highest BCUT2D eigenvalue weighted by molar-refractivity contribution is 5.85. The summed E-state index contributed by atoms with van der Waals surface area (Å²) >= 11 is 0. The number of fused-ring (bicyclic) bond motifs is 3. The molecule has 0 aromatic heterocycles. The van der Waals surface area contributed by atoms with E-state index >= 15 is 0 Å². The van der Waals surface area contributed by atoms with Crippen LogP contribution in [0.25, 0.3) is 0 Å². The molecule has 3 fully saturated rings. The predicted octanol–water partition coefficient (Wildman–Crippen LogP) is 2.09. The third kappa shape index (κ3) is 1.34. The summed E-state index contributed by atoms with van der Waals surface area (Å²) in [4.78, 5) is 0. The summed E-state index contributed by atoms with van der Waals surface area (Å²) in [5.74, 6) is 2.97. The van der Waals surface area contributed by atoms with Gasteiger partial charge in [0.1, 0.15) is 0 Å². The van der Waals surface area contributed by atoms with Crippen molar-refractivity contribution in [1.82, 2.24) is 0 Å². The molecule has 3 aliphatic carbocycles. The van der Waals surface area contributed by atoms with Gasteiger partial charge < -0.3 is 5.73 Å². The number of hydrogen-bond acceptors (Lipinski definition) is 1. The van der Waals surface area contributed by atoms with Crippen molar-refractivity contribution in [3.63, 3.8) is 0 Å². The van der Waals surface area contributed by atoms with Crippen molar-refractivity contribution in [3.05, 3.63) is 0 Å². The van der Waals surface area contributed by atoms with Crippen LogP contribution in [0, 0.1) is 17.8 Å². The Labute approximate surface area is 80.5 Å². The smallest absolute Gasteiger partial charge is 0.0314 e. The molecule has 0 unspecified atom stereocenters. The molecule has 0 radical (unpaired) electrons. The zero-order valence-corrected chi connectivity index (χ0v) is 8.12. The molecule has 0 spiro atoms. The second-order valence-corrected chi connectivity index (χ2v) is 4.29. The fourth-order valence-electron chi connectivity index (χ4n) is 2.43. The Bertz CT molecular complexity index is 192. The quantitative estimate of drug-likeness (QED) is 0.575. The Hall–Kier alpha value is -0.190. The fourth-order valence-corrected chi connectivity index (χ4v) is 2.43. The van der Waals surface area contributed by atoms with Crippen molar-refractivity contribution in [3.8, 4) is 12.3 Å². The predicted molar refractivity (Wildman–Crippen MR) is 53.1 cm³/mol. The lowest BCUT2D eigenvalue weighted by atomic mass is 9.58. The minimum atomic E-state index is 0. The average Bonchev–Trinajstić information content (AvgIpc) is 2.07. The molecule has 3 aliphatic rings. The molecule has 68 valence electrons. The molecule has 3 rings (SSSR count). The molecule has 3 saturated carbocycles. The molecule has 1 nitrogen and oxygen atoms in total. The summed E-state index contributed by atoms with van der Waals surface area (Å²) in [6, 6.07) is 0. The number of rotatable bonds is 0. The summed E-state index contributed by atoms with van der Waals surface area (Å²) in [5.41, 5.74) is 6.56. The molecular formula is C10H16ClN. The third-order valence-corrected chi connectivity index (χ3v) is 3.61. The minimum Gasteiger partial charge on any atom is -0.325 e. The second kappa shape index (κ2) is 2.94. The van der Waals surface area contributed by atoms with E-state index in [1.807, 2.05) is 0 Å². The van der Waals surface area contributed by atoms with Crippen molar-refractivity contribution in [2.24, 2.45) is 11.1 Å². The van der Waals surface area contributed by atoms with Crippen LogP contribution < -0.4 is 5.73 Å². The van der Waals surface area contributed by atoms with Crippen LogP contribution in [0.5, 0.6) is 0 Å². The lowest BCUT2D eigenvalue weighted by Gasteiger charge is -2.49. The van der Waals surface area contributed by atoms with Gasteiger partial charge in [0.15, 0.2) is 0 Å². The minimum absolute atomic E-state index is 0.